The molecule has 3 heteroatoms. The zero-order valence-electron chi connectivity index (χ0n) is 9.82. The van der Waals surface area contributed by atoms with Crippen molar-refractivity contribution in [2.75, 3.05) is 18.8 Å². The van der Waals surface area contributed by atoms with Crippen LogP contribution in [0.3, 0.4) is 0 Å². The summed E-state index contributed by atoms with van der Waals surface area (Å²) >= 11 is 4.38. The predicted molar refractivity (Wildman–Crippen MR) is 67.5 cm³/mol. The van der Waals surface area contributed by atoms with Crippen LogP contribution in [0, 0.1) is 17.3 Å². The van der Waals surface area contributed by atoms with Crippen molar-refractivity contribution < 1.29 is 4.79 Å². The number of amides is 1. The van der Waals surface area contributed by atoms with E-state index >= 15 is 0 Å². The number of hydrogen-bond acceptors (Lipinski definition) is 2. The third kappa shape index (κ3) is 1.87. The lowest BCUT2D eigenvalue weighted by Gasteiger charge is -2.20. The number of hydrogen-bond donors (Lipinski definition) is 1. The van der Waals surface area contributed by atoms with E-state index in [1.807, 2.05) is 0 Å². The molecular weight excluding hydrogens is 218 g/mol. The van der Waals surface area contributed by atoms with Gasteiger partial charge in [0.1, 0.15) is 0 Å². The van der Waals surface area contributed by atoms with Crippen molar-refractivity contribution in [2.24, 2.45) is 17.3 Å². The first-order chi connectivity index (χ1) is 7.72. The summed E-state index contributed by atoms with van der Waals surface area (Å²) in [5, 5.41) is 0. The van der Waals surface area contributed by atoms with Crippen LogP contribution < -0.4 is 0 Å². The Bertz CT molecular complexity index is 288. The molecule has 0 aromatic heterocycles. The maximum atomic E-state index is 12.2. The molecule has 0 N–H and O–H groups in total. The summed E-state index contributed by atoms with van der Waals surface area (Å²) < 4.78 is 0. The molecule has 2 saturated carbocycles. The summed E-state index contributed by atoms with van der Waals surface area (Å²) in [6.07, 6.45) is 7.28. The minimum atomic E-state index is 0.290. The van der Waals surface area contributed by atoms with Crippen molar-refractivity contribution in [1.82, 2.24) is 4.90 Å². The molecule has 3 rings (SSSR count). The minimum Gasteiger partial charge on any atom is -0.342 e. The van der Waals surface area contributed by atoms with Crippen LogP contribution in [0.15, 0.2) is 0 Å². The van der Waals surface area contributed by atoms with Crippen LogP contribution in [0.2, 0.25) is 0 Å². The zero-order chi connectivity index (χ0) is 11.2. The van der Waals surface area contributed by atoms with Gasteiger partial charge in [0.25, 0.3) is 0 Å². The molecule has 2 nitrogen and oxygen atoms in total. The Hall–Kier alpha value is -0.180. The average molecular weight is 239 g/mol. The molecule has 1 saturated heterocycles. The molecule has 0 aromatic carbocycles. The van der Waals surface area contributed by atoms with Crippen LogP contribution in [0.4, 0.5) is 0 Å². The Morgan fingerprint density at radius 2 is 1.88 bits per heavy atom. The van der Waals surface area contributed by atoms with Crippen LogP contribution in [-0.4, -0.2) is 29.6 Å². The smallest absolute Gasteiger partial charge is 0.223 e. The third-order valence-electron chi connectivity index (χ3n) is 4.90. The lowest BCUT2D eigenvalue weighted by molar-refractivity contribution is -0.131. The van der Waals surface area contributed by atoms with Gasteiger partial charge >= 0.3 is 0 Å². The van der Waals surface area contributed by atoms with Crippen molar-refractivity contribution >= 4 is 18.5 Å². The second kappa shape index (κ2) is 3.94. The summed E-state index contributed by atoms with van der Waals surface area (Å²) in [4.78, 5) is 14.3. The van der Waals surface area contributed by atoms with Gasteiger partial charge in [-0.3, -0.25) is 4.79 Å². The van der Waals surface area contributed by atoms with E-state index in [9.17, 15) is 4.79 Å². The molecule has 0 bridgehead atoms. The van der Waals surface area contributed by atoms with E-state index in [1.165, 1.54) is 32.1 Å². The Morgan fingerprint density at radius 3 is 2.38 bits per heavy atom. The zero-order valence-corrected chi connectivity index (χ0v) is 10.7. The molecule has 2 aliphatic carbocycles. The molecule has 2 atom stereocenters. The van der Waals surface area contributed by atoms with Crippen molar-refractivity contribution in [3.05, 3.63) is 0 Å². The Labute approximate surface area is 103 Å². The van der Waals surface area contributed by atoms with Crippen molar-refractivity contribution in [2.45, 2.75) is 38.5 Å². The first kappa shape index (κ1) is 10.9. The molecule has 1 amide bonds. The first-order valence-corrected chi connectivity index (χ1v) is 7.24. The van der Waals surface area contributed by atoms with Gasteiger partial charge in [0, 0.05) is 19.5 Å². The number of nitrogens with zero attached hydrogens (tertiary/aromatic N) is 1. The molecule has 1 heterocycles. The monoisotopic (exact) mass is 239 g/mol. The molecule has 0 aromatic rings. The average Bonchev–Trinajstić information content (AvgIpc) is 2.72. The van der Waals surface area contributed by atoms with E-state index < -0.39 is 0 Å². The molecule has 16 heavy (non-hydrogen) atoms. The Morgan fingerprint density at radius 1 is 1.25 bits per heavy atom. The fraction of sp³-hybridized carbons (Fsp3) is 0.923. The highest BCUT2D eigenvalue weighted by Gasteiger charge is 2.45. The quantitative estimate of drug-likeness (QED) is 0.750. The Balaban J connectivity index is 1.56. The SMILES string of the molecule is O=C(CC1(CS)CC1)N1CC2CCCC2C1. The lowest BCUT2D eigenvalue weighted by atomic mass is 10.0. The van der Waals surface area contributed by atoms with Gasteiger partial charge in [-0.05, 0) is 48.7 Å². The number of carbonyl (C=O) groups is 1. The third-order valence-corrected chi connectivity index (χ3v) is 5.57. The molecule has 2 unspecified atom stereocenters. The summed E-state index contributed by atoms with van der Waals surface area (Å²) in [6, 6.07) is 0. The molecule has 0 spiro atoms. The van der Waals surface area contributed by atoms with E-state index in [1.54, 1.807) is 0 Å². The maximum absolute atomic E-state index is 12.2. The summed E-state index contributed by atoms with van der Waals surface area (Å²) in [5.74, 6) is 2.95. The van der Waals surface area contributed by atoms with E-state index in [0.717, 1.165) is 37.1 Å². The van der Waals surface area contributed by atoms with Gasteiger partial charge in [0.05, 0.1) is 0 Å². The molecule has 90 valence electrons. The van der Waals surface area contributed by atoms with Gasteiger partial charge in [0.15, 0.2) is 0 Å². The maximum Gasteiger partial charge on any atom is 0.223 e. The minimum absolute atomic E-state index is 0.290. The van der Waals surface area contributed by atoms with Crippen LogP contribution >= 0.6 is 12.6 Å². The van der Waals surface area contributed by atoms with Gasteiger partial charge in [-0.2, -0.15) is 12.6 Å². The fourth-order valence-electron chi connectivity index (χ4n) is 3.44. The van der Waals surface area contributed by atoms with Crippen molar-refractivity contribution in [1.29, 1.82) is 0 Å². The number of carbonyl (C=O) groups excluding carboxylic acids is 1. The summed E-state index contributed by atoms with van der Waals surface area (Å²) in [5.41, 5.74) is 0.290. The molecular formula is C13H21NOS. The molecule has 1 aliphatic heterocycles. The molecule has 0 radical (unpaired) electrons. The lowest BCUT2D eigenvalue weighted by Crippen LogP contribution is -2.31. The van der Waals surface area contributed by atoms with Gasteiger partial charge in [-0.15, -0.1) is 0 Å². The fourth-order valence-corrected chi connectivity index (χ4v) is 3.87. The topological polar surface area (TPSA) is 20.3 Å². The van der Waals surface area contributed by atoms with Crippen LogP contribution in [0.25, 0.3) is 0 Å². The van der Waals surface area contributed by atoms with Gasteiger partial charge in [0.2, 0.25) is 5.91 Å². The van der Waals surface area contributed by atoms with E-state index in [0.29, 0.717) is 5.91 Å². The predicted octanol–water partition coefficient (Wildman–Crippen LogP) is 2.35. The van der Waals surface area contributed by atoms with Gasteiger partial charge in [-0.1, -0.05) is 6.42 Å². The van der Waals surface area contributed by atoms with E-state index in [4.69, 9.17) is 0 Å². The van der Waals surface area contributed by atoms with E-state index in [2.05, 4.69) is 17.5 Å². The van der Waals surface area contributed by atoms with Crippen LogP contribution in [0.1, 0.15) is 38.5 Å². The van der Waals surface area contributed by atoms with E-state index in [-0.39, 0.29) is 5.41 Å². The molecule has 3 fully saturated rings. The second-order valence-corrected chi connectivity index (χ2v) is 6.40. The van der Waals surface area contributed by atoms with Crippen LogP contribution in [0.5, 0.6) is 0 Å². The van der Waals surface area contributed by atoms with Crippen molar-refractivity contribution in [3.63, 3.8) is 0 Å². The summed E-state index contributed by atoms with van der Waals surface area (Å²) in [7, 11) is 0. The highest BCUT2D eigenvalue weighted by Crippen LogP contribution is 2.50. The number of rotatable bonds is 3. The number of fused-ring (bicyclic) bond motifs is 1. The summed E-state index contributed by atoms with van der Waals surface area (Å²) in [6.45, 7) is 2.10. The second-order valence-electron chi connectivity index (χ2n) is 6.08. The molecule has 3 aliphatic rings. The van der Waals surface area contributed by atoms with Crippen LogP contribution in [-0.2, 0) is 4.79 Å². The van der Waals surface area contributed by atoms with Gasteiger partial charge in [-0.25, -0.2) is 0 Å². The Kier molecular flexibility index (Phi) is 2.69. The normalized spacial score (nSPS) is 35.2. The number of likely N-dealkylation sites (tertiary alicyclic amines) is 1. The highest BCUT2D eigenvalue weighted by atomic mass is 32.1. The largest absolute Gasteiger partial charge is 0.342 e. The van der Waals surface area contributed by atoms with Gasteiger partial charge < -0.3 is 4.90 Å². The van der Waals surface area contributed by atoms with Crippen molar-refractivity contribution in [3.8, 4) is 0 Å². The standard InChI is InChI=1S/C13H21NOS/c15-12(6-13(9-16)4-5-13)14-7-10-2-1-3-11(10)8-14/h10-11,16H,1-9H2. The highest BCUT2D eigenvalue weighted by molar-refractivity contribution is 7.80. The number of thiol groups is 1. The first-order valence-electron chi connectivity index (χ1n) is 6.61.